The summed E-state index contributed by atoms with van der Waals surface area (Å²) in [6.07, 6.45) is 8.57. The van der Waals surface area contributed by atoms with Gasteiger partial charge in [-0.2, -0.15) is 0 Å². The van der Waals surface area contributed by atoms with Crippen LogP contribution in [0, 0.1) is 12.3 Å². The fourth-order valence-electron chi connectivity index (χ4n) is 2.34. The van der Waals surface area contributed by atoms with Crippen LogP contribution < -0.4 is 4.74 Å². The molecule has 1 heterocycles. The Kier molecular flexibility index (Phi) is 3.39. The van der Waals surface area contributed by atoms with Gasteiger partial charge in [0.1, 0.15) is 5.75 Å². The molecule has 1 fully saturated rings. The fourth-order valence-corrected chi connectivity index (χ4v) is 2.34. The van der Waals surface area contributed by atoms with Crippen LogP contribution in [0.3, 0.4) is 0 Å². The number of rotatable bonds is 2. The second-order valence-corrected chi connectivity index (χ2v) is 4.78. The summed E-state index contributed by atoms with van der Waals surface area (Å²) in [6.45, 7) is 0.795. The van der Waals surface area contributed by atoms with Crippen LogP contribution in [-0.2, 0) is 4.74 Å². The largest absolute Gasteiger partial charge is 0.465 e. The zero-order valence-corrected chi connectivity index (χ0v) is 10.8. The third-order valence-electron chi connectivity index (χ3n) is 3.38. The van der Waals surface area contributed by atoms with E-state index in [1.807, 2.05) is 36.4 Å². The maximum atomic E-state index is 5.86. The number of ether oxygens (including phenoxy) is 2. The normalized spacial score (nSPS) is 19.0. The molecule has 2 heteroatoms. The van der Waals surface area contributed by atoms with Crippen molar-refractivity contribution in [3.05, 3.63) is 42.0 Å². The Morgan fingerprint density at radius 3 is 2.74 bits per heavy atom. The van der Waals surface area contributed by atoms with Gasteiger partial charge in [-0.3, -0.25) is 0 Å². The zero-order chi connectivity index (χ0) is 13.1. The lowest BCUT2D eigenvalue weighted by atomic mass is 10.1. The molecule has 2 aromatic rings. The number of hydrogen-bond donors (Lipinski definition) is 0. The minimum Gasteiger partial charge on any atom is -0.465 e. The predicted molar refractivity (Wildman–Crippen MR) is 76.1 cm³/mol. The molecule has 0 spiro atoms. The molecule has 1 unspecified atom stereocenters. The molecule has 1 aliphatic heterocycles. The summed E-state index contributed by atoms with van der Waals surface area (Å²) < 4.78 is 11.4. The lowest BCUT2D eigenvalue weighted by molar-refractivity contribution is -0.105. The number of terminal acetylenes is 1. The Morgan fingerprint density at radius 2 is 1.95 bits per heavy atom. The van der Waals surface area contributed by atoms with Gasteiger partial charge in [-0.1, -0.05) is 18.1 Å². The SMILES string of the molecule is C#Cc1ccc2cc(OC3CCCCO3)ccc2c1. The summed E-state index contributed by atoms with van der Waals surface area (Å²) in [4.78, 5) is 0. The Labute approximate surface area is 113 Å². The Balaban J connectivity index is 1.83. The Morgan fingerprint density at radius 1 is 1.11 bits per heavy atom. The highest BCUT2D eigenvalue weighted by molar-refractivity contribution is 5.85. The van der Waals surface area contributed by atoms with Gasteiger partial charge in [0.25, 0.3) is 0 Å². The molecule has 0 N–H and O–H groups in total. The van der Waals surface area contributed by atoms with Crippen LogP contribution in [0.25, 0.3) is 10.8 Å². The number of fused-ring (bicyclic) bond motifs is 1. The lowest BCUT2D eigenvalue weighted by Gasteiger charge is -2.23. The molecule has 0 aromatic heterocycles. The van der Waals surface area contributed by atoms with E-state index in [1.54, 1.807) is 0 Å². The molecule has 0 aliphatic carbocycles. The van der Waals surface area contributed by atoms with E-state index in [0.29, 0.717) is 0 Å². The van der Waals surface area contributed by atoms with Crippen molar-refractivity contribution in [2.75, 3.05) is 6.61 Å². The molecule has 0 saturated carbocycles. The van der Waals surface area contributed by atoms with Crippen molar-refractivity contribution in [1.29, 1.82) is 0 Å². The van der Waals surface area contributed by atoms with Crippen molar-refractivity contribution in [3.63, 3.8) is 0 Å². The van der Waals surface area contributed by atoms with Crippen LogP contribution in [0.2, 0.25) is 0 Å². The second kappa shape index (κ2) is 5.34. The highest BCUT2D eigenvalue weighted by Gasteiger charge is 2.15. The van der Waals surface area contributed by atoms with Crippen LogP contribution in [0.4, 0.5) is 0 Å². The fraction of sp³-hybridized carbons (Fsp3) is 0.294. The second-order valence-electron chi connectivity index (χ2n) is 4.78. The lowest BCUT2D eigenvalue weighted by Crippen LogP contribution is -2.24. The first-order valence-corrected chi connectivity index (χ1v) is 6.64. The van der Waals surface area contributed by atoms with Gasteiger partial charge in [-0.15, -0.1) is 6.42 Å². The van der Waals surface area contributed by atoms with E-state index in [1.165, 1.54) is 6.42 Å². The molecule has 96 valence electrons. The maximum absolute atomic E-state index is 5.86. The summed E-state index contributed by atoms with van der Waals surface area (Å²) in [5.41, 5.74) is 0.900. The van der Waals surface area contributed by atoms with E-state index in [0.717, 1.165) is 41.5 Å². The third kappa shape index (κ3) is 2.72. The molecule has 1 saturated heterocycles. The first kappa shape index (κ1) is 12.1. The van der Waals surface area contributed by atoms with E-state index in [-0.39, 0.29) is 6.29 Å². The summed E-state index contributed by atoms with van der Waals surface area (Å²) in [5, 5.41) is 2.26. The van der Waals surface area contributed by atoms with Crippen molar-refractivity contribution in [1.82, 2.24) is 0 Å². The summed E-state index contributed by atoms with van der Waals surface area (Å²) in [5.74, 6) is 3.50. The maximum Gasteiger partial charge on any atom is 0.199 e. The Hall–Kier alpha value is -1.98. The van der Waals surface area contributed by atoms with Gasteiger partial charge in [0.15, 0.2) is 6.29 Å². The first-order chi connectivity index (χ1) is 9.35. The molecule has 1 atom stereocenters. The van der Waals surface area contributed by atoms with Crippen molar-refractivity contribution >= 4 is 10.8 Å². The Bertz CT molecular complexity index is 619. The van der Waals surface area contributed by atoms with Crippen molar-refractivity contribution in [2.45, 2.75) is 25.6 Å². The quantitative estimate of drug-likeness (QED) is 0.758. The van der Waals surface area contributed by atoms with Crippen molar-refractivity contribution < 1.29 is 9.47 Å². The van der Waals surface area contributed by atoms with E-state index in [4.69, 9.17) is 15.9 Å². The first-order valence-electron chi connectivity index (χ1n) is 6.64. The van der Waals surface area contributed by atoms with Crippen molar-refractivity contribution in [2.24, 2.45) is 0 Å². The molecule has 3 rings (SSSR count). The predicted octanol–water partition coefficient (Wildman–Crippen LogP) is 3.73. The molecule has 19 heavy (non-hydrogen) atoms. The van der Waals surface area contributed by atoms with E-state index >= 15 is 0 Å². The van der Waals surface area contributed by atoms with Gasteiger partial charge in [-0.25, -0.2) is 0 Å². The van der Waals surface area contributed by atoms with Crippen LogP contribution in [0.15, 0.2) is 36.4 Å². The van der Waals surface area contributed by atoms with Gasteiger partial charge >= 0.3 is 0 Å². The highest BCUT2D eigenvalue weighted by Crippen LogP contribution is 2.24. The number of benzene rings is 2. The minimum atomic E-state index is -0.101. The van der Waals surface area contributed by atoms with Gasteiger partial charge in [-0.05, 0) is 47.9 Å². The molecule has 0 radical (unpaired) electrons. The monoisotopic (exact) mass is 252 g/mol. The third-order valence-corrected chi connectivity index (χ3v) is 3.38. The van der Waals surface area contributed by atoms with E-state index in [2.05, 4.69) is 5.92 Å². The topological polar surface area (TPSA) is 18.5 Å². The summed E-state index contributed by atoms with van der Waals surface area (Å²) in [7, 11) is 0. The average molecular weight is 252 g/mol. The summed E-state index contributed by atoms with van der Waals surface area (Å²) in [6, 6.07) is 12.0. The molecule has 1 aliphatic rings. The van der Waals surface area contributed by atoms with E-state index < -0.39 is 0 Å². The van der Waals surface area contributed by atoms with Crippen LogP contribution in [-0.4, -0.2) is 12.9 Å². The molecule has 0 amide bonds. The smallest absolute Gasteiger partial charge is 0.199 e. The molecular formula is C17H16O2. The zero-order valence-electron chi connectivity index (χ0n) is 10.8. The molecular weight excluding hydrogens is 236 g/mol. The molecule has 2 nitrogen and oxygen atoms in total. The van der Waals surface area contributed by atoms with Crippen LogP contribution >= 0.6 is 0 Å². The average Bonchev–Trinajstić information content (AvgIpc) is 2.48. The standard InChI is InChI=1S/C17H16O2/c1-2-13-6-7-15-12-16(9-8-14(15)11-13)19-17-5-3-4-10-18-17/h1,6-9,11-12,17H,3-5,10H2. The van der Waals surface area contributed by atoms with Gasteiger partial charge in [0.2, 0.25) is 0 Å². The summed E-state index contributed by atoms with van der Waals surface area (Å²) >= 11 is 0. The molecule has 0 bridgehead atoms. The number of hydrogen-bond acceptors (Lipinski definition) is 2. The van der Waals surface area contributed by atoms with Gasteiger partial charge in [0.05, 0.1) is 6.61 Å². The van der Waals surface area contributed by atoms with E-state index in [9.17, 15) is 0 Å². The van der Waals surface area contributed by atoms with Gasteiger partial charge in [0, 0.05) is 12.0 Å². The minimum absolute atomic E-state index is 0.101. The highest BCUT2D eigenvalue weighted by atomic mass is 16.7. The molecule has 2 aromatic carbocycles. The van der Waals surface area contributed by atoms with Crippen LogP contribution in [0.5, 0.6) is 5.75 Å². The van der Waals surface area contributed by atoms with Gasteiger partial charge < -0.3 is 9.47 Å². The van der Waals surface area contributed by atoms with Crippen LogP contribution in [0.1, 0.15) is 24.8 Å². The van der Waals surface area contributed by atoms with Crippen molar-refractivity contribution in [3.8, 4) is 18.1 Å².